The first kappa shape index (κ1) is 12.5. The van der Waals surface area contributed by atoms with Crippen molar-refractivity contribution in [2.45, 2.75) is 12.3 Å². The maximum atomic E-state index is 11.8. The summed E-state index contributed by atoms with van der Waals surface area (Å²) < 4.78 is 0. The summed E-state index contributed by atoms with van der Waals surface area (Å²) in [6.45, 7) is 0. The third-order valence-electron chi connectivity index (χ3n) is 3.20. The fourth-order valence-corrected chi connectivity index (χ4v) is 2.03. The van der Waals surface area contributed by atoms with Crippen LogP contribution in [0.3, 0.4) is 0 Å². The van der Waals surface area contributed by atoms with Gasteiger partial charge in [-0.2, -0.15) is 0 Å². The number of hydroxylamine groups is 2. The monoisotopic (exact) mass is 250 g/mol. The Morgan fingerprint density at radius 3 is 2.89 bits per heavy atom. The largest absolute Gasteiger partial charge is 0.275 e. The maximum Gasteiger partial charge on any atom is 0.269 e. The minimum atomic E-state index is -0.427. The summed E-state index contributed by atoms with van der Waals surface area (Å²) in [5.41, 5.74) is 0.901. The average molecular weight is 250 g/mol. The molecule has 1 fully saturated rings. The molecule has 0 bridgehead atoms. The average Bonchev–Trinajstić information content (AvgIpc) is 3.17. The van der Waals surface area contributed by atoms with Crippen LogP contribution in [0.4, 0.5) is 5.69 Å². The number of amides is 1. The second-order valence-corrected chi connectivity index (χ2v) is 4.32. The number of benzene rings is 1. The summed E-state index contributed by atoms with van der Waals surface area (Å²) >= 11 is 0. The van der Waals surface area contributed by atoms with Crippen LogP contribution in [0.1, 0.15) is 17.9 Å². The van der Waals surface area contributed by atoms with Crippen molar-refractivity contribution in [2.24, 2.45) is 5.92 Å². The topological polar surface area (TPSA) is 72.7 Å². The van der Waals surface area contributed by atoms with Crippen molar-refractivity contribution in [2.75, 3.05) is 14.2 Å². The van der Waals surface area contributed by atoms with Crippen LogP contribution < -0.4 is 0 Å². The molecule has 1 amide bonds. The third kappa shape index (κ3) is 2.33. The minimum absolute atomic E-state index is 0.0608. The van der Waals surface area contributed by atoms with Crippen molar-refractivity contribution in [3.63, 3.8) is 0 Å². The van der Waals surface area contributed by atoms with Crippen LogP contribution in [0, 0.1) is 16.0 Å². The van der Waals surface area contributed by atoms with Gasteiger partial charge in [0.1, 0.15) is 0 Å². The molecule has 0 N–H and O–H groups in total. The standard InChI is InChI=1S/C12H14N2O4/c1-13(18-2)12(15)11-7-10(11)8-4-3-5-9(6-8)14(16)17/h3-6,10-11H,7H2,1-2H3. The Labute approximate surface area is 104 Å². The van der Waals surface area contributed by atoms with Gasteiger partial charge in [0.25, 0.3) is 5.69 Å². The van der Waals surface area contributed by atoms with Crippen molar-refractivity contribution in [1.29, 1.82) is 0 Å². The van der Waals surface area contributed by atoms with Crippen LogP contribution in [0.5, 0.6) is 0 Å². The highest BCUT2D eigenvalue weighted by Crippen LogP contribution is 2.48. The van der Waals surface area contributed by atoms with E-state index in [2.05, 4.69) is 0 Å². The molecule has 0 spiro atoms. The van der Waals surface area contributed by atoms with Crippen molar-refractivity contribution in [1.82, 2.24) is 5.06 Å². The van der Waals surface area contributed by atoms with E-state index in [1.807, 2.05) is 6.07 Å². The predicted molar refractivity (Wildman–Crippen MR) is 63.7 cm³/mol. The molecular weight excluding hydrogens is 236 g/mol. The highest BCUT2D eigenvalue weighted by molar-refractivity contribution is 5.82. The molecule has 1 saturated carbocycles. The van der Waals surface area contributed by atoms with Gasteiger partial charge in [0, 0.05) is 25.1 Å². The summed E-state index contributed by atoms with van der Waals surface area (Å²) in [5.74, 6) is -0.152. The van der Waals surface area contributed by atoms with E-state index < -0.39 is 4.92 Å². The second kappa shape index (κ2) is 4.73. The first-order valence-corrected chi connectivity index (χ1v) is 5.60. The zero-order valence-electron chi connectivity index (χ0n) is 10.2. The highest BCUT2D eigenvalue weighted by Gasteiger charge is 2.45. The molecule has 96 valence electrons. The molecule has 0 saturated heterocycles. The lowest BCUT2D eigenvalue weighted by Gasteiger charge is -2.13. The molecule has 0 heterocycles. The molecule has 1 aromatic rings. The molecule has 1 aliphatic carbocycles. The Hall–Kier alpha value is -1.95. The van der Waals surface area contributed by atoms with E-state index in [0.29, 0.717) is 6.42 Å². The maximum absolute atomic E-state index is 11.8. The third-order valence-corrected chi connectivity index (χ3v) is 3.20. The van der Waals surface area contributed by atoms with Crippen LogP contribution in [-0.4, -0.2) is 30.1 Å². The van der Waals surface area contributed by atoms with Gasteiger partial charge in [-0.25, -0.2) is 5.06 Å². The molecule has 2 atom stereocenters. The Kier molecular flexibility index (Phi) is 3.29. The summed E-state index contributed by atoms with van der Waals surface area (Å²) in [6.07, 6.45) is 0.716. The number of nitro groups is 1. The molecule has 18 heavy (non-hydrogen) atoms. The van der Waals surface area contributed by atoms with Crippen molar-refractivity contribution in [3.05, 3.63) is 39.9 Å². The number of rotatable bonds is 4. The van der Waals surface area contributed by atoms with Crippen molar-refractivity contribution >= 4 is 11.6 Å². The van der Waals surface area contributed by atoms with Gasteiger partial charge in [0.2, 0.25) is 5.91 Å². The second-order valence-electron chi connectivity index (χ2n) is 4.32. The Bertz CT molecular complexity index is 489. The van der Waals surface area contributed by atoms with Gasteiger partial charge < -0.3 is 0 Å². The van der Waals surface area contributed by atoms with Crippen LogP contribution in [0.15, 0.2) is 24.3 Å². The van der Waals surface area contributed by atoms with E-state index in [1.54, 1.807) is 13.1 Å². The number of nitrogens with zero attached hydrogens (tertiary/aromatic N) is 2. The van der Waals surface area contributed by atoms with Gasteiger partial charge in [-0.1, -0.05) is 12.1 Å². The van der Waals surface area contributed by atoms with Crippen LogP contribution >= 0.6 is 0 Å². The lowest BCUT2D eigenvalue weighted by atomic mass is 10.1. The van der Waals surface area contributed by atoms with Crippen LogP contribution in [0.2, 0.25) is 0 Å². The van der Waals surface area contributed by atoms with Gasteiger partial charge in [-0.05, 0) is 17.9 Å². The van der Waals surface area contributed by atoms with Gasteiger partial charge in [-0.3, -0.25) is 19.7 Å². The Balaban J connectivity index is 2.10. The summed E-state index contributed by atoms with van der Waals surface area (Å²) in [7, 11) is 2.99. The fraction of sp³-hybridized carbons (Fsp3) is 0.417. The normalized spacial score (nSPS) is 21.4. The number of non-ortho nitro benzene ring substituents is 1. The molecule has 6 nitrogen and oxygen atoms in total. The van der Waals surface area contributed by atoms with E-state index >= 15 is 0 Å². The number of carbonyl (C=O) groups excluding carboxylic acids is 1. The van der Waals surface area contributed by atoms with Crippen LogP contribution in [-0.2, 0) is 9.63 Å². The Morgan fingerprint density at radius 2 is 2.28 bits per heavy atom. The number of carbonyl (C=O) groups is 1. The molecule has 1 aromatic carbocycles. The lowest BCUT2D eigenvalue weighted by molar-refractivity contribution is -0.384. The molecule has 2 unspecified atom stereocenters. The quantitative estimate of drug-likeness (QED) is 0.602. The SMILES string of the molecule is CON(C)C(=O)C1CC1c1cccc([N+](=O)[O-])c1. The van der Waals surface area contributed by atoms with Gasteiger partial charge in [0.15, 0.2) is 0 Å². The number of hydrogen-bond donors (Lipinski definition) is 0. The van der Waals surface area contributed by atoms with E-state index in [9.17, 15) is 14.9 Å². The van der Waals surface area contributed by atoms with Crippen LogP contribution in [0.25, 0.3) is 0 Å². The molecule has 2 rings (SSSR count). The summed E-state index contributed by atoms with van der Waals surface area (Å²) in [4.78, 5) is 26.9. The van der Waals surface area contributed by atoms with Gasteiger partial charge in [0.05, 0.1) is 12.0 Å². The zero-order valence-corrected chi connectivity index (χ0v) is 10.2. The highest BCUT2D eigenvalue weighted by atomic mass is 16.7. The molecule has 6 heteroatoms. The van der Waals surface area contributed by atoms with Gasteiger partial charge in [-0.15, -0.1) is 0 Å². The first-order valence-electron chi connectivity index (χ1n) is 5.60. The number of hydrogen-bond acceptors (Lipinski definition) is 4. The van der Waals surface area contributed by atoms with Crippen molar-refractivity contribution < 1.29 is 14.6 Å². The predicted octanol–water partition coefficient (Wildman–Crippen LogP) is 1.72. The zero-order chi connectivity index (χ0) is 13.3. The molecule has 0 aliphatic heterocycles. The summed E-state index contributed by atoms with van der Waals surface area (Å²) in [6, 6.07) is 6.44. The smallest absolute Gasteiger partial charge is 0.269 e. The number of nitro benzene ring substituents is 1. The minimum Gasteiger partial charge on any atom is -0.275 e. The first-order chi connectivity index (χ1) is 8.54. The molecular formula is C12H14N2O4. The van der Waals surface area contributed by atoms with E-state index in [1.165, 1.54) is 24.3 Å². The molecule has 1 aliphatic rings. The fourth-order valence-electron chi connectivity index (χ4n) is 2.03. The molecule has 0 radical (unpaired) electrons. The summed E-state index contributed by atoms with van der Waals surface area (Å²) in [5, 5.41) is 11.9. The van der Waals surface area contributed by atoms with E-state index in [0.717, 1.165) is 5.56 Å². The van der Waals surface area contributed by atoms with E-state index in [-0.39, 0.29) is 23.4 Å². The Morgan fingerprint density at radius 1 is 1.56 bits per heavy atom. The molecule has 0 aromatic heterocycles. The van der Waals surface area contributed by atoms with E-state index in [4.69, 9.17) is 4.84 Å². The van der Waals surface area contributed by atoms with Crippen molar-refractivity contribution in [3.8, 4) is 0 Å². The van der Waals surface area contributed by atoms with Gasteiger partial charge >= 0.3 is 0 Å². The lowest BCUT2D eigenvalue weighted by Crippen LogP contribution is -2.27.